The molecule has 1 saturated carbocycles. The third-order valence-corrected chi connectivity index (χ3v) is 5.32. The van der Waals surface area contributed by atoms with E-state index in [4.69, 9.17) is 0 Å². The number of aryl methyl sites for hydroxylation is 3. The second-order valence-electron chi connectivity index (χ2n) is 8.35. The number of hydrogen-bond donors (Lipinski definition) is 2. The van der Waals surface area contributed by atoms with Gasteiger partial charge >= 0.3 is 6.18 Å². The summed E-state index contributed by atoms with van der Waals surface area (Å²) in [5.74, 6) is -0.713. The number of benzene rings is 1. The van der Waals surface area contributed by atoms with Crippen LogP contribution in [0.4, 0.5) is 18.9 Å². The highest BCUT2D eigenvalue weighted by atomic mass is 19.4. The van der Waals surface area contributed by atoms with Crippen molar-refractivity contribution >= 4 is 17.5 Å². The SMILES string of the molecule is Cc1cc(C)c(NC(=O)C[NH+](C)CC(=O)N(CC(F)(F)F)[C@@H](C)C2CC2)c(C)c1. The Balaban J connectivity index is 1.96. The summed E-state index contributed by atoms with van der Waals surface area (Å²) >= 11 is 0. The predicted molar refractivity (Wildman–Crippen MR) is 106 cm³/mol. The fourth-order valence-electron chi connectivity index (χ4n) is 3.74. The van der Waals surface area contributed by atoms with Crippen molar-refractivity contribution < 1.29 is 27.7 Å². The molecule has 29 heavy (non-hydrogen) atoms. The third kappa shape index (κ3) is 7.03. The Morgan fingerprint density at radius 1 is 1.17 bits per heavy atom. The first-order valence-corrected chi connectivity index (χ1v) is 9.92. The summed E-state index contributed by atoms with van der Waals surface area (Å²) in [6.07, 6.45) is -2.74. The Kier molecular flexibility index (Phi) is 7.32. The van der Waals surface area contributed by atoms with Crippen molar-refractivity contribution in [2.24, 2.45) is 5.92 Å². The summed E-state index contributed by atoms with van der Waals surface area (Å²) in [6, 6.07) is 3.50. The van der Waals surface area contributed by atoms with Crippen LogP contribution in [0, 0.1) is 26.7 Å². The standard InChI is InChI=1S/C21H30F3N3O2/c1-13-8-14(2)20(15(3)9-13)25-18(28)10-26(5)11-19(29)27(12-21(22,23)24)16(4)17-6-7-17/h8-9,16-17H,6-7,10-12H2,1-5H3,(H,25,28)/p+1/t16-/m0/s1. The van der Waals surface area contributed by atoms with E-state index in [0.717, 1.165) is 40.1 Å². The predicted octanol–water partition coefficient (Wildman–Crippen LogP) is 2.25. The maximum absolute atomic E-state index is 12.9. The topological polar surface area (TPSA) is 53.9 Å². The Hall–Kier alpha value is -2.09. The van der Waals surface area contributed by atoms with Gasteiger partial charge in [-0.15, -0.1) is 0 Å². The lowest BCUT2D eigenvalue weighted by molar-refractivity contribution is -0.862. The lowest BCUT2D eigenvalue weighted by Crippen LogP contribution is -3.11. The van der Waals surface area contributed by atoms with Gasteiger partial charge in [0.05, 0.1) is 7.05 Å². The van der Waals surface area contributed by atoms with Crippen LogP contribution < -0.4 is 10.2 Å². The monoisotopic (exact) mass is 414 g/mol. The van der Waals surface area contributed by atoms with Gasteiger partial charge in [-0.2, -0.15) is 13.2 Å². The zero-order valence-corrected chi connectivity index (χ0v) is 17.7. The van der Waals surface area contributed by atoms with Gasteiger partial charge in [-0.1, -0.05) is 17.7 Å². The van der Waals surface area contributed by atoms with Gasteiger partial charge in [-0.3, -0.25) is 9.59 Å². The molecule has 0 saturated heterocycles. The Morgan fingerprint density at radius 2 is 1.72 bits per heavy atom. The number of likely N-dealkylation sites (N-methyl/N-ethyl adjacent to an activating group) is 1. The van der Waals surface area contributed by atoms with Crippen molar-refractivity contribution in [3.63, 3.8) is 0 Å². The molecule has 1 fully saturated rings. The van der Waals surface area contributed by atoms with E-state index < -0.39 is 24.7 Å². The fraction of sp³-hybridized carbons (Fsp3) is 0.619. The number of nitrogens with one attached hydrogen (secondary N) is 2. The lowest BCUT2D eigenvalue weighted by atomic mass is 10.1. The first-order chi connectivity index (χ1) is 13.4. The number of nitrogens with zero attached hydrogens (tertiary/aromatic N) is 1. The minimum absolute atomic E-state index is 0.00381. The Bertz CT molecular complexity index is 737. The van der Waals surface area contributed by atoms with E-state index in [0.29, 0.717) is 4.90 Å². The van der Waals surface area contributed by atoms with Crippen LogP contribution in [0.3, 0.4) is 0 Å². The van der Waals surface area contributed by atoms with Crippen LogP contribution in [0.2, 0.25) is 0 Å². The number of carbonyl (C=O) groups excluding carboxylic acids is 2. The van der Waals surface area contributed by atoms with E-state index in [1.807, 2.05) is 32.9 Å². The number of alkyl halides is 3. The molecule has 1 aromatic rings. The van der Waals surface area contributed by atoms with E-state index in [2.05, 4.69) is 5.32 Å². The van der Waals surface area contributed by atoms with Gasteiger partial charge in [-0.05, 0) is 57.6 Å². The summed E-state index contributed by atoms with van der Waals surface area (Å²) in [7, 11) is 1.64. The molecule has 2 N–H and O–H groups in total. The quantitative estimate of drug-likeness (QED) is 0.686. The van der Waals surface area contributed by atoms with Gasteiger partial charge < -0.3 is 15.1 Å². The van der Waals surface area contributed by atoms with Crippen molar-refractivity contribution in [2.45, 2.75) is 52.8 Å². The molecular weight excluding hydrogens is 383 g/mol. The lowest BCUT2D eigenvalue weighted by Gasteiger charge is -2.30. The largest absolute Gasteiger partial charge is 0.406 e. The molecule has 162 valence electrons. The molecule has 2 amide bonds. The molecule has 2 rings (SSSR count). The highest BCUT2D eigenvalue weighted by Crippen LogP contribution is 2.36. The molecule has 0 aliphatic heterocycles. The van der Waals surface area contributed by atoms with Crippen molar-refractivity contribution in [2.75, 3.05) is 32.0 Å². The van der Waals surface area contributed by atoms with Crippen LogP contribution in [0.15, 0.2) is 12.1 Å². The van der Waals surface area contributed by atoms with Crippen LogP contribution >= 0.6 is 0 Å². The van der Waals surface area contributed by atoms with Crippen molar-refractivity contribution in [1.29, 1.82) is 0 Å². The molecule has 8 heteroatoms. The summed E-state index contributed by atoms with van der Waals surface area (Å²) in [5, 5.41) is 2.86. The highest BCUT2D eigenvalue weighted by Gasteiger charge is 2.41. The molecule has 5 nitrogen and oxygen atoms in total. The molecule has 0 spiro atoms. The first kappa shape index (κ1) is 23.2. The number of hydrogen-bond acceptors (Lipinski definition) is 2. The maximum atomic E-state index is 12.9. The minimum Gasteiger partial charge on any atom is -0.326 e. The second kappa shape index (κ2) is 9.15. The normalized spacial score (nSPS) is 16.3. The van der Waals surface area contributed by atoms with Crippen molar-refractivity contribution in [1.82, 2.24) is 4.90 Å². The third-order valence-electron chi connectivity index (χ3n) is 5.32. The van der Waals surface area contributed by atoms with Crippen molar-refractivity contribution in [3.8, 4) is 0 Å². The average Bonchev–Trinajstić information content (AvgIpc) is 3.39. The van der Waals surface area contributed by atoms with Crippen LogP contribution in [0.1, 0.15) is 36.5 Å². The molecule has 1 aliphatic carbocycles. The molecule has 1 unspecified atom stereocenters. The molecule has 0 heterocycles. The van der Waals surface area contributed by atoms with E-state index >= 15 is 0 Å². The molecule has 0 aromatic heterocycles. The summed E-state index contributed by atoms with van der Waals surface area (Å²) in [6.45, 7) is 6.05. The summed E-state index contributed by atoms with van der Waals surface area (Å²) in [5.41, 5.74) is 3.72. The summed E-state index contributed by atoms with van der Waals surface area (Å²) < 4.78 is 38.8. The molecule has 0 radical (unpaired) electrons. The highest BCUT2D eigenvalue weighted by molar-refractivity contribution is 5.93. The zero-order chi connectivity index (χ0) is 21.9. The number of halogens is 3. The summed E-state index contributed by atoms with van der Waals surface area (Å²) in [4.78, 5) is 26.4. The van der Waals surface area contributed by atoms with Gasteiger partial charge in [0.25, 0.3) is 11.8 Å². The van der Waals surface area contributed by atoms with Crippen LogP contribution in [0.25, 0.3) is 0 Å². The van der Waals surface area contributed by atoms with E-state index in [1.165, 1.54) is 0 Å². The minimum atomic E-state index is -4.44. The van der Waals surface area contributed by atoms with E-state index in [-0.39, 0.29) is 24.9 Å². The number of rotatable bonds is 8. The van der Waals surface area contributed by atoms with Gasteiger partial charge in [-0.25, -0.2) is 0 Å². The zero-order valence-electron chi connectivity index (χ0n) is 17.7. The second-order valence-corrected chi connectivity index (χ2v) is 8.35. The number of anilines is 1. The average molecular weight is 414 g/mol. The van der Waals surface area contributed by atoms with Crippen LogP contribution in [0.5, 0.6) is 0 Å². The molecule has 1 aliphatic rings. The van der Waals surface area contributed by atoms with Gasteiger partial charge in [0.15, 0.2) is 13.1 Å². The molecular formula is C21H31F3N3O2+. The smallest absolute Gasteiger partial charge is 0.326 e. The molecule has 1 aromatic carbocycles. The Morgan fingerprint density at radius 3 is 2.21 bits per heavy atom. The van der Waals surface area contributed by atoms with Gasteiger partial charge in [0.1, 0.15) is 6.54 Å². The van der Waals surface area contributed by atoms with Gasteiger partial charge in [0.2, 0.25) is 0 Å². The van der Waals surface area contributed by atoms with Gasteiger partial charge in [0, 0.05) is 11.7 Å². The Labute approximate surface area is 170 Å². The molecule has 0 bridgehead atoms. The van der Waals surface area contributed by atoms with Crippen LogP contribution in [-0.4, -0.2) is 55.6 Å². The number of quaternary nitrogens is 1. The van der Waals surface area contributed by atoms with Crippen molar-refractivity contribution in [3.05, 3.63) is 28.8 Å². The van der Waals surface area contributed by atoms with Crippen LogP contribution in [-0.2, 0) is 9.59 Å². The number of amides is 2. The van der Waals surface area contributed by atoms with E-state index in [1.54, 1.807) is 14.0 Å². The number of carbonyl (C=O) groups is 2. The fourth-order valence-corrected chi connectivity index (χ4v) is 3.74. The van der Waals surface area contributed by atoms with E-state index in [9.17, 15) is 22.8 Å². The first-order valence-electron chi connectivity index (χ1n) is 9.92. The molecule has 2 atom stereocenters. The maximum Gasteiger partial charge on any atom is 0.406 e.